The van der Waals surface area contributed by atoms with Gasteiger partial charge in [0, 0.05) is 34.8 Å². The van der Waals surface area contributed by atoms with Crippen LogP contribution in [0, 0.1) is 11.6 Å². The van der Waals surface area contributed by atoms with E-state index in [1.54, 1.807) is 17.6 Å². The zero-order valence-corrected chi connectivity index (χ0v) is 14.9. The summed E-state index contributed by atoms with van der Waals surface area (Å²) in [5.41, 5.74) is 3.52. The summed E-state index contributed by atoms with van der Waals surface area (Å²) < 4.78 is 26.5. The number of nitrogens with zero attached hydrogens (tertiary/aromatic N) is 2. The van der Waals surface area contributed by atoms with E-state index < -0.39 is 11.6 Å². The molecule has 0 spiro atoms. The highest BCUT2D eigenvalue weighted by molar-refractivity contribution is 7.98. The average Bonchev–Trinajstić information content (AvgIpc) is 3.15. The summed E-state index contributed by atoms with van der Waals surface area (Å²) in [6.45, 7) is 0. The standard InChI is InChI=1S/C18H14F2N2OS2/c1-22(13-6-7-15(19)16(20)8-13)18(23)14-4-2-3-5-17(14)25-10-12-9-24-11-21-12/h2-9,11H,10H2,1H3. The minimum absolute atomic E-state index is 0.285. The molecule has 25 heavy (non-hydrogen) atoms. The Balaban J connectivity index is 1.82. The van der Waals surface area contributed by atoms with E-state index in [0.717, 1.165) is 22.7 Å². The topological polar surface area (TPSA) is 33.2 Å². The van der Waals surface area contributed by atoms with Gasteiger partial charge in [0.2, 0.25) is 0 Å². The summed E-state index contributed by atoms with van der Waals surface area (Å²) in [6.07, 6.45) is 0. The summed E-state index contributed by atoms with van der Waals surface area (Å²) in [5.74, 6) is -1.55. The SMILES string of the molecule is CN(C(=O)c1ccccc1SCc1cscn1)c1ccc(F)c(F)c1. The normalized spacial score (nSPS) is 10.7. The molecule has 0 unspecified atom stereocenters. The fourth-order valence-corrected chi connectivity index (χ4v) is 3.83. The third-order valence-electron chi connectivity index (χ3n) is 3.57. The number of anilines is 1. The molecule has 0 bridgehead atoms. The van der Waals surface area contributed by atoms with Gasteiger partial charge in [0.05, 0.1) is 16.8 Å². The summed E-state index contributed by atoms with van der Waals surface area (Å²) >= 11 is 3.04. The Morgan fingerprint density at radius 3 is 2.72 bits per heavy atom. The highest BCUT2D eigenvalue weighted by Gasteiger charge is 2.18. The minimum atomic E-state index is -0.983. The van der Waals surface area contributed by atoms with Crippen molar-refractivity contribution < 1.29 is 13.6 Å². The van der Waals surface area contributed by atoms with E-state index in [4.69, 9.17) is 0 Å². The van der Waals surface area contributed by atoms with Crippen molar-refractivity contribution in [2.75, 3.05) is 11.9 Å². The molecule has 0 saturated carbocycles. The monoisotopic (exact) mass is 376 g/mol. The Labute approximate surface area is 152 Å². The van der Waals surface area contributed by atoms with E-state index in [9.17, 15) is 13.6 Å². The lowest BCUT2D eigenvalue weighted by atomic mass is 10.2. The van der Waals surface area contributed by atoms with Crippen molar-refractivity contribution in [1.82, 2.24) is 4.98 Å². The van der Waals surface area contributed by atoms with Gasteiger partial charge in [-0.1, -0.05) is 12.1 Å². The lowest BCUT2D eigenvalue weighted by Crippen LogP contribution is -2.26. The molecule has 0 aliphatic carbocycles. The predicted molar refractivity (Wildman–Crippen MR) is 97.2 cm³/mol. The number of thiazole rings is 1. The average molecular weight is 376 g/mol. The fourth-order valence-electron chi connectivity index (χ4n) is 2.22. The molecule has 1 aromatic heterocycles. The first-order valence-corrected chi connectivity index (χ1v) is 9.31. The summed E-state index contributed by atoms with van der Waals surface area (Å²) in [6, 6.07) is 10.6. The fraction of sp³-hybridized carbons (Fsp3) is 0.111. The number of aromatic nitrogens is 1. The lowest BCUT2D eigenvalue weighted by Gasteiger charge is -2.19. The van der Waals surface area contributed by atoms with Gasteiger partial charge in [0.15, 0.2) is 11.6 Å². The largest absolute Gasteiger partial charge is 0.311 e. The van der Waals surface area contributed by atoms with Crippen LogP contribution in [0.25, 0.3) is 0 Å². The molecule has 0 saturated heterocycles. The van der Waals surface area contributed by atoms with Gasteiger partial charge in [0.25, 0.3) is 5.91 Å². The maximum Gasteiger partial charge on any atom is 0.259 e. The molecule has 0 radical (unpaired) electrons. The van der Waals surface area contributed by atoms with Gasteiger partial charge in [-0.3, -0.25) is 4.79 Å². The maximum atomic E-state index is 13.4. The number of halogens is 2. The molecule has 1 amide bonds. The van der Waals surface area contributed by atoms with Gasteiger partial charge in [-0.05, 0) is 24.3 Å². The summed E-state index contributed by atoms with van der Waals surface area (Å²) in [7, 11) is 1.54. The van der Waals surface area contributed by atoms with Gasteiger partial charge in [-0.25, -0.2) is 13.8 Å². The molecule has 0 N–H and O–H groups in total. The van der Waals surface area contributed by atoms with Crippen LogP contribution in [-0.4, -0.2) is 17.9 Å². The molecule has 0 aliphatic rings. The van der Waals surface area contributed by atoms with Gasteiger partial charge in [-0.15, -0.1) is 23.1 Å². The Morgan fingerprint density at radius 1 is 1.20 bits per heavy atom. The molecule has 3 aromatic rings. The van der Waals surface area contributed by atoms with Crippen LogP contribution in [0.2, 0.25) is 0 Å². The Bertz CT molecular complexity index is 885. The second kappa shape index (κ2) is 7.76. The van der Waals surface area contributed by atoms with Gasteiger partial charge in [0.1, 0.15) is 0 Å². The molecule has 2 aromatic carbocycles. The zero-order chi connectivity index (χ0) is 17.8. The Morgan fingerprint density at radius 2 is 2.00 bits per heavy atom. The number of carbonyl (C=O) groups excluding carboxylic acids is 1. The van der Waals surface area contributed by atoms with Gasteiger partial charge < -0.3 is 4.90 Å². The van der Waals surface area contributed by atoms with Crippen molar-refractivity contribution in [3.05, 3.63) is 76.2 Å². The number of amides is 1. The van der Waals surface area contributed by atoms with E-state index >= 15 is 0 Å². The maximum absolute atomic E-state index is 13.4. The smallest absolute Gasteiger partial charge is 0.259 e. The molecule has 0 aliphatic heterocycles. The second-order valence-corrected chi connectivity index (χ2v) is 6.96. The second-order valence-electron chi connectivity index (χ2n) is 5.23. The highest BCUT2D eigenvalue weighted by atomic mass is 32.2. The van der Waals surface area contributed by atoms with E-state index in [2.05, 4.69) is 4.98 Å². The number of hydrogen-bond donors (Lipinski definition) is 0. The van der Waals surface area contributed by atoms with Crippen molar-refractivity contribution in [2.24, 2.45) is 0 Å². The van der Waals surface area contributed by atoms with Crippen molar-refractivity contribution in [2.45, 2.75) is 10.6 Å². The molecule has 3 nitrogen and oxygen atoms in total. The molecular weight excluding hydrogens is 362 g/mol. The van der Waals surface area contributed by atoms with E-state index in [0.29, 0.717) is 17.0 Å². The first-order chi connectivity index (χ1) is 12.1. The van der Waals surface area contributed by atoms with Crippen LogP contribution in [0.5, 0.6) is 0 Å². The zero-order valence-electron chi connectivity index (χ0n) is 13.3. The molecule has 0 atom stereocenters. The van der Waals surface area contributed by atoms with Crippen molar-refractivity contribution in [3.8, 4) is 0 Å². The van der Waals surface area contributed by atoms with Crippen LogP contribution in [0.3, 0.4) is 0 Å². The molecule has 128 valence electrons. The third kappa shape index (κ3) is 4.05. The van der Waals surface area contributed by atoms with E-state index in [-0.39, 0.29) is 5.91 Å². The molecular formula is C18H14F2N2OS2. The molecule has 0 fully saturated rings. The van der Waals surface area contributed by atoms with Gasteiger partial charge >= 0.3 is 0 Å². The quantitative estimate of drug-likeness (QED) is 0.588. The Kier molecular flexibility index (Phi) is 5.45. The first-order valence-electron chi connectivity index (χ1n) is 7.38. The van der Waals surface area contributed by atoms with Crippen molar-refractivity contribution in [3.63, 3.8) is 0 Å². The number of rotatable bonds is 5. The summed E-state index contributed by atoms with van der Waals surface area (Å²) in [4.78, 5) is 19.2. The van der Waals surface area contributed by atoms with Crippen molar-refractivity contribution in [1.29, 1.82) is 0 Å². The summed E-state index contributed by atoms with van der Waals surface area (Å²) in [5, 5.41) is 1.96. The number of carbonyl (C=O) groups is 1. The number of benzene rings is 2. The van der Waals surface area contributed by atoms with Crippen LogP contribution >= 0.6 is 23.1 Å². The van der Waals surface area contributed by atoms with E-state index in [1.165, 1.54) is 41.1 Å². The Hall–Kier alpha value is -2.25. The molecule has 1 heterocycles. The van der Waals surface area contributed by atoms with Crippen LogP contribution in [-0.2, 0) is 5.75 Å². The third-order valence-corrected chi connectivity index (χ3v) is 5.31. The van der Waals surface area contributed by atoms with Crippen LogP contribution < -0.4 is 4.90 Å². The van der Waals surface area contributed by atoms with E-state index in [1.807, 2.05) is 17.5 Å². The molecule has 3 rings (SSSR count). The lowest BCUT2D eigenvalue weighted by molar-refractivity contribution is 0.0990. The van der Waals surface area contributed by atoms with Crippen molar-refractivity contribution >= 4 is 34.7 Å². The molecule has 7 heteroatoms. The first kappa shape index (κ1) is 17.6. The number of hydrogen-bond acceptors (Lipinski definition) is 4. The minimum Gasteiger partial charge on any atom is -0.311 e. The predicted octanol–water partition coefficient (Wildman–Crippen LogP) is 4.99. The van der Waals surface area contributed by atoms with Crippen LogP contribution in [0.1, 0.15) is 16.1 Å². The van der Waals surface area contributed by atoms with Gasteiger partial charge in [-0.2, -0.15) is 0 Å². The number of thioether (sulfide) groups is 1. The van der Waals surface area contributed by atoms with Crippen LogP contribution in [0.4, 0.5) is 14.5 Å². The highest BCUT2D eigenvalue weighted by Crippen LogP contribution is 2.28. The van der Waals surface area contributed by atoms with Crippen LogP contribution in [0.15, 0.2) is 58.3 Å².